The molecule has 0 atom stereocenters. The number of hydrogen-bond acceptors (Lipinski definition) is 6. The summed E-state index contributed by atoms with van der Waals surface area (Å²) in [5.74, 6) is 0.905. The quantitative estimate of drug-likeness (QED) is 0.414. The van der Waals surface area contributed by atoms with E-state index >= 15 is 0 Å². The van der Waals surface area contributed by atoms with Crippen LogP contribution in [0.5, 0.6) is 5.88 Å². The zero-order chi connectivity index (χ0) is 20.6. The first-order valence-corrected chi connectivity index (χ1v) is 9.54. The van der Waals surface area contributed by atoms with E-state index in [1.807, 2.05) is 37.3 Å². The number of methoxy groups -OCH3 is 1. The number of carbonyl (C=O) groups excluding carboxylic acids is 1. The highest BCUT2D eigenvalue weighted by molar-refractivity contribution is 7.71. The van der Waals surface area contributed by atoms with Crippen LogP contribution in [0.3, 0.4) is 0 Å². The summed E-state index contributed by atoms with van der Waals surface area (Å²) < 4.78 is 12.6. The number of aromatic amines is 1. The van der Waals surface area contributed by atoms with Crippen molar-refractivity contribution in [1.82, 2.24) is 25.1 Å². The Bertz CT molecular complexity index is 1010. The monoisotopic (exact) mass is 413 g/mol. The fraction of sp³-hybridized carbons (Fsp3) is 0.300. The molecule has 3 rings (SSSR count). The van der Waals surface area contributed by atoms with Gasteiger partial charge in [0.05, 0.1) is 6.61 Å². The third-order valence-corrected chi connectivity index (χ3v) is 4.53. The second-order valence-corrected chi connectivity index (χ2v) is 6.78. The third kappa shape index (κ3) is 5.49. The molecule has 29 heavy (non-hydrogen) atoms. The first-order chi connectivity index (χ1) is 14.1. The van der Waals surface area contributed by atoms with Gasteiger partial charge in [0, 0.05) is 31.0 Å². The van der Waals surface area contributed by atoms with E-state index in [1.54, 1.807) is 23.9 Å². The molecule has 0 unspecified atom stereocenters. The SMILES string of the molecule is COCCOc1ncccc1CNC(=O)Cn1c(-c2ccc(C)cc2)n[nH]c1=S. The highest BCUT2D eigenvalue weighted by Gasteiger charge is 2.13. The molecule has 0 aliphatic rings. The molecule has 2 aromatic heterocycles. The molecule has 0 aliphatic carbocycles. The average molecular weight is 414 g/mol. The molecule has 0 fully saturated rings. The summed E-state index contributed by atoms with van der Waals surface area (Å²) >= 11 is 5.30. The van der Waals surface area contributed by atoms with Gasteiger partial charge in [-0.1, -0.05) is 35.9 Å². The number of carbonyl (C=O) groups is 1. The van der Waals surface area contributed by atoms with Gasteiger partial charge in [0.1, 0.15) is 13.2 Å². The molecule has 2 heterocycles. The number of H-pyrrole nitrogens is 1. The summed E-state index contributed by atoms with van der Waals surface area (Å²) in [5, 5.41) is 9.91. The second kappa shape index (κ2) is 9.94. The third-order valence-electron chi connectivity index (χ3n) is 4.22. The van der Waals surface area contributed by atoms with Gasteiger partial charge >= 0.3 is 0 Å². The minimum absolute atomic E-state index is 0.0542. The van der Waals surface area contributed by atoms with E-state index in [-0.39, 0.29) is 12.5 Å². The number of aromatic nitrogens is 4. The highest BCUT2D eigenvalue weighted by Crippen LogP contribution is 2.18. The highest BCUT2D eigenvalue weighted by atomic mass is 32.1. The van der Waals surface area contributed by atoms with Gasteiger partial charge in [0.2, 0.25) is 11.8 Å². The summed E-state index contributed by atoms with van der Waals surface area (Å²) in [4.78, 5) is 16.8. The molecule has 0 aliphatic heterocycles. The maximum absolute atomic E-state index is 12.5. The molecule has 0 radical (unpaired) electrons. The van der Waals surface area contributed by atoms with Gasteiger partial charge in [0.25, 0.3) is 0 Å². The Morgan fingerprint density at radius 1 is 1.24 bits per heavy atom. The number of amides is 1. The van der Waals surface area contributed by atoms with Gasteiger partial charge in [-0.25, -0.2) is 4.98 Å². The van der Waals surface area contributed by atoms with Gasteiger partial charge in [-0.2, -0.15) is 5.10 Å². The Labute approximate surface area is 173 Å². The molecule has 2 N–H and O–H groups in total. The number of pyridine rings is 1. The van der Waals surface area contributed by atoms with Gasteiger partial charge in [0.15, 0.2) is 10.6 Å². The standard InChI is InChI=1S/C20H23N5O3S/c1-14-5-7-15(8-6-14)18-23-24-20(29)25(18)13-17(26)22-12-16-4-3-9-21-19(16)28-11-10-27-2/h3-9H,10-13H2,1-2H3,(H,22,26)(H,24,29). The largest absolute Gasteiger partial charge is 0.475 e. The van der Waals surface area contributed by atoms with Crippen molar-refractivity contribution in [2.24, 2.45) is 0 Å². The minimum Gasteiger partial charge on any atom is -0.475 e. The maximum atomic E-state index is 12.5. The van der Waals surface area contributed by atoms with Crippen LogP contribution in [0.1, 0.15) is 11.1 Å². The van der Waals surface area contributed by atoms with Gasteiger partial charge in [-0.15, -0.1) is 0 Å². The van der Waals surface area contributed by atoms with Crippen molar-refractivity contribution in [3.05, 3.63) is 58.5 Å². The van der Waals surface area contributed by atoms with Gasteiger partial charge in [-0.3, -0.25) is 14.5 Å². The Morgan fingerprint density at radius 2 is 2.03 bits per heavy atom. The fourth-order valence-electron chi connectivity index (χ4n) is 2.69. The van der Waals surface area contributed by atoms with Crippen LogP contribution in [0.4, 0.5) is 0 Å². The lowest BCUT2D eigenvalue weighted by atomic mass is 10.1. The van der Waals surface area contributed by atoms with Crippen LogP contribution >= 0.6 is 12.2 Å². The molecule has 9 heteroatoms. The topological polar surface area (TPSA) is 94.1 Å². The number of aryl methyl sites for hydroxylation is 1. The second-order valence-electron chi connectivity index (χ2n) is 6.39. The summed E-state index contributed by atoms with van der Waals surface area (Å²) in [6.45, 7) is 3.21. The van der Waals surface area contributed by atoms with E-state index in [2.05, 4.69) is 20.5 Å². The molecule has 0 saturated heterocycles. The van der Waals surface area contributed by atoms with Gasteiger partial charge in [-0.05, 0) is 25.2 Å². The lowest BCUT2D eigenvalue weighted by Crippen LogP contribution is -2.27. The van der Waals surface area contributed by atoms with Gasteiger partial charge < -0.3 is 14.8 Å². The molecule has 8 nitrogen and oxygen atoms in total. The lowest BCUT2D eigenvalue weighted by molar-refractivity contribution is -0.121. The minimum atomic E-state index is -0.192. The van der Waals surface area contributed by atoms with Crippen LogP contribution in [0, 0.1) is 11.7 Å². The summed E-state index contributed by atoms with van der Waals surface area (Å²) in [7, 11) is 1.61. The van der Waals surface area contributed by atoms with E-state index in [0.29, 0.717) is 36.2 Å². The number of nitrogens with zero attached hydrogens (tertiary/aromatic N) is 3. The van der Waals surface area contributed by atoms with Crippen molar-refractivity contribution in [2.75, 3.05) is 20.3 Å². The molecule has 1 aromatic carbocycles. The van der Waals surface area contributed by atoms with Crippen LogP contribution in [-0.2, 0) is 22.6 Å². The zero-order valence-corrected chi connectivity index (χ0v) is 17.2. The Hall–Kier alpha value is -3.04. The first kappa shape index (κ1) is 20.7. The number of nitrogens with one attached hydrogen (secondary N) is 2. The summed E-state index contributed by atoms with van der Waals surface area (Å²) in [5.41, 5.74) is 2.82. The smallest absolute Gasteiger partial charge is 0.240 e. The first-order valence-electron chi connectivity index (χ1n) is 9.13. The molecule has 152 valence electrons. The molecule has 0 spiro atoms. The molecular weight excluding hydrogens is 390 g/mol. The predicted octanol–water partition coefficient (Wildman–Crippen LogP) is 2.65. The van der Waals surface area contributed by atoms with Crippen LogP contribution in [0.2, 0.25) is 0 Å². The van der Waals surface area contributed by atoms with E-state index in [4.69, 9.17) is 21.7 Å². The fourth-order valence-corrected chi connectivity index (χ4v) is 2.89. The maximum Gasteiger partial charge on any atom is 0.240 e. The van der Waals surface area contributed by atoms with Crippen molar-refractivity contribution < 1.29 is 14.3 Å². The van der Waals surface area contributed by atoms with Crippen molar-refractivity contribution in [3.8, 4) is 17.3 Å². The van der Waals surface area contributed by atoms with Crippen molar-refractivity contribution in [2.45, 2.75) is 20.0 Å². The van der Waals surface area contributed by atoms with E-state index in [0.717, 1.165) is 16.7 Å². The Balaban J connectivity index is 1.66. The average Bonchev–Trinajstić information content (AvgIpc) is 3.08. The zero-order valence-electron chi connectivity index (χ0n) is 16.3. The number of ether oxygens (including phenoxy) is 2. The Morgan fingerprint density at radius 3 is 2.79 bits per heavy atom. The summed E-state index contributed by atoms with van der Waals surface area (Å²) in [6.07, 6.45) is 1.64. The predicted molar refractivity (Wildman–Crippen MR) is 111 cm³/mol. The molecular formula is C20H23N5O3S. The lowest BCUT2D eigenvalue weighted by Gasteiger charge is -2.11. The Kier molecular flexibility index (Phi) is 7.09. The van der Waals surface area contributed by atoms with Crippen LogP contribution in [0.25, 0.3) is 11.4 Å². The normalized spacial score (nSPS) is 10.7. The van der Waals surface area contributed by atoms with Crippen molar-refractivity contribution in [1.29, 1.82) is 0 Å². The van der Waals surface area contributed by atoms with E-state index in [9.17, 15) is 4.79 Å². The summed E-state index contributed by atoms with van der Waals surface area (Å²) in [6, 6.07) is 11.5. The van der Waals surface area contributed by atoms with Crippen LogP contribution in [0.15, 0.2) is 42.6 Å². The van der Waals surface area contributed by atoms with Crippen molar-refractivity contribution in [3.63, 3.8) is 0 Å². The molecule has 0 bridgehead atoms. The van der Waals surface area contributed by atoms with Crippen LogP contribution < -0.4 is 10.1 Å². The number of rotatable bonds is 9. The molecule has 0 saturated carbocycles. The van der Waals surface area contributed by atoms with Crippen molar-refractivity contribution >= 4 is 18.1 Å². The molecule has 1 amide bonds. The van der Waals surface area contributed by atoms with E-state index in [1.165, 1.54) is 0 Å². The number of benzene rings is 1. The number of hydrogen-bond donors (Lipinski definition) is 2. The molecule has 3 aromatic rings. The van der Waals surface area contributed by atoms with Crippen LogP contribution in [-0.4, -0.2) is 46.0 Å². The van der Waals surface area contributed by atoms with E-state index < -0.39 is 0 Å².